The number of nitrogens with zero attached hydrogens (tertiary/aromatic N) is 1. The van der Waals surface area contributed by atoms with Crippen molar-refractivity contribution in [3.05, 3.63) is 77.1 Å². The fourth-order valence-electron chi connectivity index (χ4n) is 3.21. The molecule has 0 aromatic heterocycles. The number of aliphatic hydroxyl groups is 1. The maximum Gasteiger partial charge on any atom is 0.416 e. The van der Waals surface area contributed by atoms with Gasteiger partial charge in [-0.3, -0.25) is 4.90 Å². The van der Waals surface area contributed by atoms with Crippen LogP contribution in [0, 0.1) is 5.82 Å². The molecule has 144 valence electrons. The van der Waals surface area contributed by atoms with E-state index in [2.05, 4.69) is 11.0 Å². The molecule has 2 nitrogen and oxygen atoms in total. The highest BCUT2D eigenvalue weighted by Gasteiger charge is 2.30. The lowest BCUT2D eigenvalue weighted by atomic mass is 9.99. The third-order valence-corrected chi connectivity index (χ3v) is 4.85. The summed E-state index contributed by atoms with van der Waals surface area (Å²) in [5.74, 6) is -0.256. The summed E-state index contributed by atoms with van der Waals surface area (Å²) >= 11 is 0. The van der Waals surface area contributed by atoms with E-state index in [0.29, 0.717) is 18.5 Å². The minimum atomic E-state index is -4.37. The maximum absolute atomic E-state index is 13.0. The van der Waals surface area contributed by atoms with Gasteiger partial charge >= 0.3 is 6.18 Å². The van der Waals surface area contributed by atoms with Gasteiger partial charge in [0, 0.05) is 19.6 Å². The smallest absolute Gasteiger partial charge is 0.388 e. The first-order chi connectivity index (χ1) is 12.8. The van der Waals surface area contributed by atoms with Crippen molar-refractivity contribution in [3.63, 3.8) is 0 Å². The third-order valence-electron chi connectivity index (χ3n) is 4.85. The monoisotopic (exact) mass is 379 g/mol. The third kappa shape index (κ3) is 5.17. The first-order valence-electron chi connectivity index (χ1n) is 8.85. The zero-order chi connectivity index (χ0) is 19.4. The number of alkyl halides is 3. The number of hydrogen-bond donors (Lipinski definition) is 1. The average molecular weight is 379 g/mol. The minimum absolute atomic E-state index is 0.256. The second-order valence-electron chi connectivity index (χ2n) is 6.71. The Morgan fingerprint density at radius 3 is 2.22 bits per heavy atom. The molecule has 0 radical (unpaired) electrons. The molecule has 1 heterocycles. The van der Waals surface area contributed by atoms with Crippen molar-refractivity contribution < 1.29 is 22.7 Å². The van der Waals surface area contributed by atoms with Crippen LogP contribution in [0.4, 0.5) is 17.6 Å². The molecule has 0 spiro atoms. The Morgan fingerprint density at radius 1 is 1.00 bits per heavy atom. The normalized spacial score (nSPS) is 16.9. The number of halogens is 4. The molecule has 0 saturated carbocycles. The summed E-state index contributed by atoms with van der Waals surface area (Å²) in [6.45, 7) is 2.20. The van der Waals surface area contributed by atoms with Gasteiger partial charge in [-0.1, -0.05) is 30.3 Å². The zero-order valence-corrected chi connectivity index (χ0v) is 14.7. The van der Waals surface area contributed by atoms with Crippen LogP contribution in [0.5, 0.6) is 0 Å². The van der Waals surface area contributed by atoms with Crippen molar-refractivity contribution in [3.8, 4) is 0 Å². The van der Waals surface area contributed by atoms with Crippen molar-refractivity contribution in [1.82, 2.24) is 4.90 Å². The molecule has 6 heteroatoms. The largest absolute Gasteiger partial charge is 0.416 e. The number of hydrogen-bond acceptors (Lipinski definition) is 2. The van der Waals surface area contributed by atoms with E-state index in [1.54, 1.807) is 12.1 Å². The van der Waals surface area contributed by atoms with Gasteiger partial charge in [-0.25, -0.2) is 4.39 Å². The first kappa shape index (κ1) is 19.6. The maximum atomic E-state index is 13.0. The van der Waals surface area contributed by atoms with Crippen molar-refractivity contribution >= 4 is 5.57 Å². The lowest BCUT2D eigenvalue weighted by molar-refractivity contribution is -0.137. The Hall–Kier alpha value is -2.18. The predicted molar refractivity (Wildman–Crippen MR) is 96.5 cm³/mol. The standard InChI is InChI=1S/C21H21F4NO/c22-19-7-3-15(4-8-19)16-9-12-26(13-10-16)14-11-20(27)17-1-5-18(6-2-17)21(23,24)25/h1-9,20,27H,10-14H2. The van der Waals surface area contributed by atoms with Gasteiger partial charge in [0.1, 0.15) is 5.82 Å². The number of benzene rings is 2. The van der Waals surface area contributed by atoms with E-state index >= 15 is 0 Å². The van der Waals surface area contributed by atoms with Crippen molar-refractivity contribution in [1.29, 1.82) is 0 Å². The molecule has 1 unspecified atom stereocenters. The summed E-state index contributed by atoms with van der Waals surface area (Å²) in [5.41, 5.74) is 1.96. The Bertz CT molecular complexity index is 781. The molecule has 1 aliphatic rings. The van der Waals surface area contributed by atoms with Crippen LogP contribution in [0.3, 0.4) is 0 Å². The van der Waals surface area contributed by atoms with Crippen LogP contribution in [0.15, 0.2) is 54.6 Å². The van der Waals surface area contributed by atoms with Gasteiger partial charge < -0.3 is 5.11 Å². The highest BCUT2D eigenvalue weighted by atomic mass is 19.4. The van der Waals surface area contributed by atoms with Crippen molar-refractivity contribution in [2.75, 3.05) is 19.6 Å². The topological polar surface area (TPSA) is 23.5 Å². The fourth-order valence-corrected chi connectivity index (χ4v) is 3.21. The summed E-state index contributed by atoms with van der Waals surface area (Å²) in [7, 11) is 0. The molecule has 27 heavy (non-hydrogen) atoms. The van der Waals surface area contributed by atoms with Crippen molar-refractivity contribution in [2.45, 2.75) is 25.1 Å². The predicted octanol–water partition coefficient (Wildman–Crippen LogP) is 5.06. The lowest BCUT2D eigenvalue weighted by Gasteiger charge is -2.27. The lowest BCUT2D eigenvalue weighted by Crippen LogP contribution is -2.30. The van der Waals surface area contributed by atoms with Crippen LogP contribution in [0.2, 0.25) is 0 Å². The van der Waals surface area contributed by atoms with Gasteiger partial charge in [0.15, 0.2) is 0 Å². The molecule has 1 aliphatic heterocycles. The number of aliphatic hydroxyl groups excluding tert-OH is 1. The molecular formula is C21H21F4NO. The SMILES string of the molecule is OC(CCN1CC=C(c2ccc(F)cc2)CC1)c1ccc(C(F)(F)F)cc1. The Morgan fingerprint density at radius 2 is 1.67 bits per heavy atom. The first-order valence-corrected chi connectivity index (χ1v) is 8.85. The quantitative estimate of drug-likeness (QED) is 0.735. The van der Waals surface area contributed by atoms with Crippen LogP contribution >= 0.6 is 0 Å². The summed E-state index contributed by atoms with van der Waals surface area (Å²) in [4.78, 5) is 2.18. The molecule has 0 bridgehead atoms. The van der Waals surface area contributed by atoms with E-state index in [0.717, 1.165) is 37.2 Å². The van der Waals surface area contributed by atoms with Crippen LogP contribution in [0.25, 0.3) is 5.57 Å². The molecule has 2 aromatic carbocycles. The zero-order valence-electron chi connectivity index (χ0n) is 14.7. The minimum Gasteiger partial charge on any atom is -0.388 e. The highest BCUT2D eigenvalue weighted by Crippen LogP contribution is 2.30. The summed E-state index contributed by atoms with van der Waals surface area (Å²) in [5, 5.41) is 10.2. The van der Waals surface area contributed by atoms with Crippen LogP contribution in [-0.2, 0) is 6.18 Å². The van der Waals surface area contributed by atoms with Crippen LogP contribution in [-0.4, -0.2) is 29.6 Å². The van der Waals surface area contributed by atoms with Gasteiger partial charge in [0.2, 0.25) is 0 Å². The molecule has 2 aromatic rings. The van der Waals surface area contributed by atoms with E-state index in [-0.39, 0.29) is 5.82 Å². The second-order valence-corrected chi connectivity index (χ2v) is 6.71. The Kier molecular flexibility index (Phi) is 5.97. The summed E-state index contributed by atoms with van der Waals surface area (Å²) < 4.78 is 50.8. The Labute approximate surface area is 155 Å². The van der Waals surface area contributed by atoms with Crippen molar-refractivity contribution in [2.24, 2.45) is 0 Å². The van der Waals surface area contributed by atoms with E-state index < -0.39 is 17.8 Å². The molecule has 0 amide bonds. The molecule has 1 atom stereocenters. The van der Waals surface area contributed by atoms with Gasteiger partial charge in [0.05, 0.1) is 11.7 Å². The summed E-state index contributed by atoms with van der Waals surface area (Å²) in [6, 6.07) is 11.1. The van der Waals surface area contributed by atoms with E-state index in [4.69, 9.17) is 0 Å². The van der Waals surface area contributed by atoms with Crippen LogP contribution in [0.1, 0.15) is 35.6 Å². The molecule has 0 saturated heterocycles. The molecule has 0 fully saturated rings. The Balaban J connectivity index is 1.51. The highest BCUT2D eigenvalue weighted by molar-refractivity contribution is 5.66. The van der Waals surface area contributed by atoms with E-state index in [1.165, 1.54) is 29.8 Å². The van der Waals surface area contributed by atoms with Gasteiger partial charge in [-0.2, -0.15) is 13.2 Å². The molecule has 0 aliphatic carbocycles. The van der Waals surface area contributed by atoms with Crippen LogP contribution < -0.4 is 0 Å². The number of rotatable bonds is 5. The summed E-state index contributed by atoms with van der Waals surface area (Å²) in [6.07, 6.45) is -1.78. The average Bonchev–Trinajstić information content (AvgIpc) is 2.66. The van der Waals surface area contributed by atoms with E-state index in [9.17, 15) is 22.7 Å². The molecule has 3 rings (SSSR count). The van der Waals surface area contributed by atoms with Gasteiger partial charge in [-0.05, 0) is 53.8 Å². The fraction of sp³-hybridized carbons (Fsp3) is 0.333. The van der Waals surface area contributed by atoms with Gasteiger partial charge in [-0.15, -0.1) is 0 Å². The second kappa shape index (κ2) is 8.23. The molecular weight excluding hydrogens is 358 g/mol. The van der Waals surface area contributed by atoms with E-state index in [1.807, 2.05) is 0 Å². The molecule has 1 N–H and O–H groups in total. The van der Waals surface area contributed by atoms with Gasteiger partial charge in [0.25, 0.3) is 0 Å².